The molecule has 78 valence electrons. The number of nitrogen functional groups attached to an aromatic ring is 1. The van der Waals surface area contributed by atoms with E-state index in [2.05, 4.69) is 10.2 Å². The van der Waals surface area contributed by atoms with E-state index in [4.69, 9.17) is 5.73 Å². The number of nitrogens with zero attached hydrogens (tertiary/aromatic N) is 1. The van der Waals surface area contributed by atoms with Crippen LogP contribution in [0.2, 0.25) is 0 Å². The van der Waals surface area contributed by atoms with Crippen molar-refractivity contribution in [1.29, 1.82) is 0 Å². The molecule has 15 heavy (non-hydrogen) atoms. The molecule has 4 N–H and O–H groups in total. The highest BCUT2D eigenvalue weighted by atomic mass is 32.2. The highest BCUT2D eigenvalue weighted by Gasteiger charge is 2.12. The van der Waals surface area contributed by atoms with Gasteiger partial charge in [0.25, 0.3) is 0 Å². The Kier molecular flexibility index (Phi) is 2.55. The Morgan fingerprint density at radius 2 is 2.20 bits per heavy atom. The SMILES string of the molecule is CSc1c(O)cccc1-c1cn[nH]c1N. The van der Waals surface area contributed by atoms with E-state index in [0.29, 0.717) is 5.82 Å². The standard InChI is InChI=1S/C10H11N3OS/c1-15-9-6(3-2-4-8(9)14)7-5-12-13-10(7)11/h2-5,14H,1H3,(H3,11,12,13). The maximum atomic E-state index is 9.69. The monoisotopic (exact) mass is 221 g/mol. The molecule has 0 spiro atoms. The van der Waals surface area contributed by atoms with Crippen LogP contribution in [0.3, 0.4) is 0 Å². The van der Waals surface area contributed by atoms with E-state index in [9.17, 15) is 5.11 Å². The van der Waals surface area contributed by atoms with Crippen LogP contribution in [0.1, 0.15) is 0 Å². The Morgan fingerprint density at radius 1 is 1.40 bits per heavy atom. The maximum Gasteiger partial charge on any atom is 0.129 e. The summed E-state index contributed by atoms with van der Waals surface area (Å²) in [5.41, 5.74) is 7.45. The lowest BCUT2D eigenvalue weighted by Crippen LogP contribution is -1.89. The number of hydrogen-bond donors (Lipinski definition) is 3. The number of nitrogens with two attached hydrogens (primary N) is 1. The smallest absolute Gasteiger partial charge is 0.129 e. The maximum absolute atomic E-state index is 9.69. The van der Waals surface area contributed by atoms with Gasteiger partial charge in [-0.15, -0.1) is 11.8 Å². The van der Waals surface area contributed by atoms with Crippen molar-refractivity contribution in [3.8, 4) is 16.9 Å². The fourth-order valence-corrected chi connectivity index (χ4v) is 2.14. The van der Waals surface area contributed by atoms with E-state index in [1.54, 1.807) is 18.3 Å². The van der Waals surface area contributed by atoms with Crippen LogP contribution in [0.25, 0.3) is 11.1 Å². The summed E-state index contributed by atoms with van der Waals surface area (Å²) >= 11 is 1.48. The third-order valence-electron chi connectivity index (χ3n) is 2.16. The number of aromatic nitrogens is 2. The van der Waals surface area contributed by atoms with Crippen LogP contribution in [0.4, 0.5) is 5.82 Å². The highest BCUT2D eigenvalue weighted by molar-refractivity contribution is 7.98. The quantitative estimate of drug-likeness (QED) is 0.679. The van der Waals surface area contributed by atoms with Gasteiger partial charge < -0.3 is 10.8 Å². The topological polar surface area (TPSA) is 74.9 Å². The highest BCUT2D eigenvalue weighted by Crippen LogP contribution is 2.38. The number of H-pyrrole nitrogens is 1. The minimum Gasteiger partial charge on any atom is -0.507 e. The van der Waals surface area contributed by atoms with Crippen LogP contribution >= 0.6 is 11.8 Å². The number of aromatic hydroxyl groups is 1. The minimum atomic E-state index is 0.264. The number of hydrogen-bond acceptors (Lipinski definition) is 4. The molecule has 0 unspecified atom stereocenters. The van der Waals surface area contributed by atoms with E-state index in [1.807, 2.05) is 12.3 Å². The van der Waals surface area contributed by atoms with Gasteiger partial charge in [-0.05, 0) is 12.3 Å². The second-order valence-electron chi connectivity index (χ2n) is 3.06. The Morgan fingerprint density at radius 3 is 2.80 bits per heavy atom. The summed E-state index contributed by atoms with van der Waals surface area (Å²) in [7, 11) is 0. The van der Waals surface area contributed by atoms with Crippen LogP contribution < -0.4 is 5.73 Å². The molecule has 5 heteroatoms. The average Bonchev–Trinajstić information content (AvgIpc) is 2.64. The number of nitrogens with one attached hydrogen (secondary N) is 1. The Balaban J connectivity index is 2.63. The molecule has 0 saturated heterocycles. The van der Waals surface area contributed by atoms with Crippen molar-refractivity contribution in [1.82, 2.24) is 10.2 Å². The molecule has 0 atom stereocenters. The van der Waals surface area contributed by atoms with Crippen molar-refractivity contribution in [2.45, 2.75) is 4.90 Å². The molecule has 1 aromatic carbocycles. The largest absolute Gasteiger partial charge is 0.507 e. The van der Waals surface area contributed by atoms with Crippen LogP contribution in [0, 0.1) is 0 Å². The summed E-state index contributed by atoms with van der Waals surface area (Å²) in [6, 6.07) is 5.36. The van der Waals surface area contributed by atoms with Crippen LogP contribution in [-0.2, 0) is 0 Å². The Bertz CT molecular complexity index is 481. The Labute approximate surface area is 91.5 Å². The molecule has 0 fully saturated rings. The fraction of sp³-hybridized carbons (Fsp3) is 0.100. The summed E-state index contributed by atoms with van der Waals surface area (Å²) in [6.45, 7) is 0. The molecule has 1 aromatic heterocycles. The number of phenols is 1. The number of aromatic amines is 1. The number of rotatable bonds is 2. The van der Waals surface area contributed by atoms with Crippen molar-refractivity contribution in [3.63, 3.8) is 0 Å². The van der Waals surface area contributed by atoms with Crippen molar-refractivity contribution >= 4 is 17.6 Å². The first-order valence-corrected chi connectivity index (χ1v) is 5.61. The van der Waals surface area contributed by atoms with Crippen molar-refractivity contribution in [2.75, 3.05) is 12.0 Å². The van der Waals surface area contributed by atoms with Gasteiger partial charge in [-0.25, -0.2) is 0 Å². The van der Waals surface area contributed by atoms with E-state index in [0.717, 1.165) is 16.0 Å². The minimum absolute atomic E-state index is 0.264. The lowest BCUT2D eigenvalue weighted by Gasteiger charge is -2.07. The first kappa shape index (κ1) is 9.92. The second-order valence-corrected chi connectivity index (χ2v) is 3.87. The summed E-state index contributed by atoms with van der Waals surface area (Å²) in [5.74, 6) is 0.775. The molecule has 0 saturated carbocycles. The lowest BCUT2D eigenvalue weighted by molar-refractivity contribution is 0.463. The van der Waals surface area contributed by atoms with Gasteiger partial charge in [-0.2, -0.15) is 5.10 Å². The van der Waals surface area contributed by atoms with Gasteiger partial charge in [-0.3, -0.25) is 5.10 Å². The first-order valence-electron chi connectivity index (χ1n) is 4.39. The van der Waals surface area contributed by atoms with Gasteiger partial charge in [0.1, 0.15) is 11.6 Å². The molecule has 2 rings (SSSR count). The third kappa shape index (κ3) is 1.66. The molecule has 0 aliphatic heterocycles. The predicted molar refractivity (Wildman–Crippen MR) is 61.9 cm³/mol. The zero-order valence-electron chi connectivity index (χ0n) is 8.19. The van der Waals surface area contributed by atoms with Crippen molar-refractivity contribution in [2.24, 2.45) is 0 Å². The molecule has 1 heterocycles. The molecule has 0 aliphatic carbocycles. The van der Waals surface area contributed by atoms with Crippen LogP contribution in [0.5, 0.6) is 5.75 Å². The predicted octanol–water partition coefficient (Wildman–Crippen LogP) is 2.09. The molecular weight excluding hydrogens is 210 g/mol. The summed E-state index contributed by atoms with van der Waals surface area (Å²) in [6.07, 6.45) is 3.57. The van der Waals surface area contributed by atoms with E-state index in [1.165, 1.54) is 11.8 Å². The molecule has 0 amide bonds. The van der Waals surface area contributed by atoms with Gasteiger partial charge in [0.05, 0.1) is 11.1 Å². The zero-order chi connectivity index (χ0) is 10.8. The average molecular weight is 221 g/mol. The molecule has 4 nitrogen and oxygen atoms in total. The molecule has 0 aliphatic rings. The molecule has 2 aromatic rings. The number of thioether (sulfide) groups is 1. The van der Waals surface area contributed by atoms with Crippen LogP contribution in [0.15, 0.2) is 29.3 Å². The number of anilines is 1. The fourth-order valence-electron chi connectivity index (χ4n) is 1.46. The number of benzene rings is 1. The third-order valence-corrected chi connectivity index (χ3v) is 2.99. The van der Waals surface area contributed by atoms with Gasteiger partial charge in [0, 0.05) is 11.1 Å². The van der Waals surface area contributed by atoms with Crippen molar-refractivity contribution in [3.05, 3.63) is 24.4 Å². The molecule has 0 bridgehead atoms. The van der Waals surface area contributed by atoms with Gasteiger partial charge >= 0.3 is 0 Å². The van der Waals surface area contributed by atoms with E-state index >= 15 is 0 Å². The summed E-state index contributed by atoms with van der Waals surface area (Å²) < 4.78 is 0. The Hall–Kier alpha value is -1.62. The van der Waals surface area contributed by atoms with E-state index in [-0.39, 0.29) is 5.75 Å². The molecular formula is C10H11N3OS. The number of phenolic OH excluding ortho intramolecular Hbond substituents is 1. The van der Waals surface area contributed by atoms with Gasteiger partial charge in [-0.1, -0.05) is 12.1 Å². The molecule has 0 radical (unpaired) electrons. The van der Waals surface area contributed by atoms with Gasteiger partial charge in [0.15, 0.2) is 0 Å². The van der Waals surface area contributed by atoms with Crippen LogP contribution in [-0.4, -0.2) is 21.6 Å². The lowest BCUT2D eigenvalue weighted by atomic mass is 10.1. The summed E-state index contributed by atoms with van der Waals surface area (Å²) in [4.78, 5) is 0.811. The second kappa shape index (κ2) is 3.86. The van der Waals surface area contributed by atoms with E-state index < -0.39 is 0 Å². The zero-order valence-corrected chi connectivity index (χ0v) is 9.01. The van der Waals surface area contributed by atoms with Crippen molar-refractivity contribution < 1.29 is 5.11 Å². The summed E-state index contributed by atoms with van der Waals surface area (Å²) in [5, 5.41) is 16.2. The van der Waals surface area contributed by atoms with Gasteiger partial charge in [0.2, 0.25) is 0 Å². The normalized spacial score (nSPS) is 10.5. The first-order chi connectivity index (χ1) is 7.24.